The summed E-state index contributed by atoms with van der Waals surface area (Å²) in [6, 6.07) is 6.89. The third kappa shape index (κ3) is 4.62. The zero-order chi connectivity index (χ0) is 15.1. The molecule has 0 aliphatic heterocycles. The van der Waals surface area contributed by atoms with Crippen LogP contribution in [0.1, 0.15) is 43.9 Å². The molecule has 0 aliphatic carbocycles. The van der Waals surface area contributed by atoms with Gasteiger partial charge >= 0.3 is 0 Å². The van der Waals surface area contributed by atoms with E-state index in [1.54, 1.807) is 0 Å². The van der Waals surface area contributed by atoms with Crippen molar-refractivity contribution in [1.82, 2.24) is 5.32 Å². The Hall–Kier alpha value is -1.39. The number of aryl methyl sites for hydroxylation is 1. The van der Waals surface area contributed by atoms with Crippen LogP contribution in [-0.2, 0) is 4.79 Å². The number of rotatable bonds is 7. The molecule has 0 fully saturated rings. The molecule has 0 heterocycles. The number of aliphatic hydroxyl groups is 1. The smallest absolute Gasteiger partial charge is 0.241 e. The minimum absolute atomic E-state index is 0.214. The summed E-state index contributed by atoms with van der Waals surface area (Å²) < 4.78 is 0. The lowest BCUT2D eigenvalue weighted by atomic mass is 9.96. The van der Waals surface area contributed by atoms with Gasteiger partial charge in [0, 0.05) is 6.54 Å². The fourth-order valence-electron chi connectivity index (χ4n) is 2.24. The van der Waals surface area contributed by atoms with Crippen LogP contribution in [-0.4, -0.2) is 23.7 Å². The van der Waals surface area contributed by atoms with Crippen LogP contribution < -0.4 is 11.1 Å². The van der Waals surface area contributed by atoms with E-state index in [0.717, 1.165) is 24.0 Å². The molecule has 0 aliphatic rings. The van der Waals surface area contributed by atoms with Gasteiger partial charge in [0.25, 0.3) is 0 Å². The van der Waals surface area contributed by atoms with Crippen molar-refractivity contribution in [2.45, 2.75) is 45.8 Å². The SMILES string of the molecule is CCC(CC)C(O)CNC(=O)C(N)c1ccc(C)cc1. The zero-order valence-electron chi connectivity index (χ0n) is 12.6. The number of carbonyl (C=O) groups is 1. The topological polar surface area (TPSA) is 75.3 Å². The van der Waals surface area contributed by atoms with E-state index in [2.05, 4.69) is 5.32 Å². The third-order valence-corrected chi connectivity index (χ3v) is 3.80. The van der Waals surface area contributed by atoms with Gasteiger partial charge in [0.2, 0.25) is 5.91 Å². The van der Waals surface area contributed by atoms with E-state index in [1.165, 1.54) is 0 Å². The normalized spacial score (nSPS) is 14.1. The number of benzene rings is 1. The molecule has 1 aromatic carbocycles. The number of amides is 1. The van der Waals surface area contributed by atoms with Crippen LogP contribution in [0.15, 0.2) is 24.3 Å². The predicted molar refractivity (Wildman–Crippen MR) is 81.2 cm³/mol. The molecule has 2 unspecified atom stereocenters. The Balaban J connectivity index is 2.52. The van der Waals surface area contributed by atoms with Crippen LogP contribution in [0.2, 0.25) is 0 Å². The van der Waals surface area contributed by atoms with Gasteiger partial charge in [-0.2, -0.15) is 0 Å². The van der Waals surface area contributed by atoms with Crippen LogP contribution >= 0.6 is 0 Å². The third-order valence-electron chi connectivity index (χ3n) is 3.80. The lowest BCUT2D eigenvalue weighted by Crippen LogP contribution is -2.40. The maximum absolute atomic E-state index is 12.0. The van der Waals surface area contributed by atoms with Gasteiger partial charge in [-0.15, -0.1) is 0 Å². The summed E-state index contributed by atoms with van der Waals surface area (Å²) in [5.74, 6) is -0.0373. The molecule has 2 atom stereocenters. The number of carbonyl (C=O) groups excluding carboxylic acids is 1. The largest absolute Gasteiger partial charge is 0.391 e. The second-order valence-corrected chi connectivity index (χ2v) is 5.28. The van der Waals surface area contributed by atoms with Gasteiger partial charge in [-0.3, -0.25) is 4.79 Å². The van der Waals surface area contributed by atoms with Gasteiger partial charge in [0.15, 0.2) is 0 Å². The highest BCUT2D eigenvalue weighted by atomic mass is 16.3. The summed E-state index contributed by atoms with van der Waals surface area (Å²) in [4.78, 5) is 12.0. The van der Waals surface area contributed by atoms with Crippen molar-refractivity contribution in [2.24, 2.45) is 11.7 Å². The van der Waals surface area contributed by atoms with E-state index in [1.807, 2.05) is 45.0 Å². The Morgan fingerprint density at radius 2 is 1.80 bits per heavy atom. The minimum atomic E-state index is -0.690. The number of nitrogens with one attached hydrogen (secondary N) is 1. The molecule has 20 heavy (non-hydrogen) atoms. The molecular formula is C16H26N2O2. The summed E-state index contributed by atoms with van der Waals surface area (Å²) in [5.41, 5.74) is 7.83. The highest BCUT2D eigenvalue weighted by Crippen LogP contribution is 2.14. The number of hydrogen-bond donors (Lipinski definition) is 3. The Kier molecular flexibility index (Phi) is 6.68. The van der Waals surface area contributed by atoms with Crippen LogP contribution in [0.4, 0.5) is 0 Å². The summed E-state index contributed by atoms with van der Waals surface area (Å²) >= 11 is 0. The molecule has 0 saturated heterocycles. The first-order chi connectivity index (χ1) is 9.49. The maximum atomic E-state index is 12.0. The van der Waals surface area contributed by atoms with E-state index in [0.29, 0.717) is 0 Å². The van der Waals surface area contributed by atoms with Crippen molar-refractivity contribution < 1.29 is 9.90 Å². The molecule has 0 radical (unpaired) electrons. The van der Waals surface area contributed by atoms with Gasteiger partial charge in [-0.1, -0.05) is 56.5 Å². The summed E-state index contributed by atoms with van der Waals surface area (Å²) in [6.07, 6.45) is 1.29. The average molecular weight is 278 g/mol. The molecule has 112 valence electrons. The van der Waals surface area contributed by atoms with E-state index in [9.17, 15) is 9.90 Å². The Bertz CT molecular complexity index is 413. The Morgan fingerprint density at radius 1 is 1.25 bits per heavy atom. The van der Waals surface area contributed by atoms with E-state index in [4.69, 9.17) is 5.73 Å². The molecule has 4 heteroatoms. The van der Waals surface area contributed by atoms with Crippen molar-refractivity contribution >= 4 is 5.91 Å². The summed E-state index contributed by atoms with van der Waals surface area (Å²) in [6.45, 7) is 6.32. The molecule has 0 aromatic heterocycles. The van der Waals surface area contributed by atoms with Crippen molar-refractivity contribution in [3.63, 3.8) is 0 Å². The van der Waals surface area contributed by atoms with E-state index >= 15 is 0 Å². The van der Waals surface area contributed by atoms with Crippen LogP contribution in [0, 0.1) is 12.8 Å². The number of nitrogens with two attached hydrogens (primary N) is 1. The van der Waals surface area contributed by atoms with Crippen LogP contribution in [0.5, 0.6) is 0 Å². The van der Waals surface area contributed by atoms with Gasteiger partial charge in [0.1, 0.15) is 6.04 Å². The van der Waals surface area contributed by atoms with Gasteiger partial charge < -0.3 is 16.2 Å². The van der Waals surface area contributed by atoms with Crippen molar-refractivity contribution in [1.29, 1.82) is 0 Å². The van der Waals surface area contributed by atoms with E-state index < -0.39 is 12.1 Å². The van der Waals surface area contributed by atoms with Gasteiger partial charge in [-0.25, -0.2) is 0 Å². The highest BCUT2D eigenvalue weighted by Gasteiger charge is 2.19. The molecule has 4 N–H and O–H groups in total. The second-order valence-electron chi connectivity index (χ2n) is 5.28. The minimum Gasteiger partial charge on any atom is -0.391 e. The molecular weight excluding hydrogens is 252 g/mol. The lowest BCUT2D eigenvalue weighted by Gasteiger charge is -2.21. The number of aliphatic hydroxyl groups excluding tert-OH is 1. The quantitative estimate of drug-likeness (QED) is 0.713. The first-order valence-electron chi connectivity index (χ1n) is 7.27. The monoisotopic (exact) mass is 278 g/mol. The Morgan fingerprint density at radius 3 is 2.30 bits per heavy atom. The first-order valence-corrected chi connectivity index (χ1v) is 7.27. The molecule has 1 aromatic rings. The standard InChI is InChI=1S/C16H26N2O2/c1-4-12(5-2)14(19)10-18-16(20)15(17)13-8-6-11(3)7-9-13/h6-9,12,14-15,19H,4-5,10,17H2,1-3H3,(H,18,20). The lowest BCUT2D eigenvalue weighted by molar-refractivity contribution is -0.123. The molecule has 0 spiro atoms. The average Bonchev–Trinajstić information content (AvgIpc) is 2.46. The van der Waals surface area contributed by atoms with Gasteiger partial charge in [-0.05, 0) is 18.4 Å². The Labute approximate surface area is 121 Å². The summed E-state index contributed by atoms with van der Waals surface area (Å²) in [7, 11) is 0. The van der Waals surface area contributed by atoms with Crippen molar-refractivity contribution in [3.05, 3.63) is 35.4 Å². The molecule has 0 saturated carbocycles. The first kappa shape index (κ1) is 16.7. The van der Waals surface area contributed by atoms with E-state index in [-0.39, 0.29) is 18.4 Å². The predicted octanol–water partition coefficient (Wildman–Crippen LogP) is 1.91. The summed E-state index contributed by atoms with van der Waals surface area (Å²) in [5, 5.41) is 12.7. The number of hydrogen-bond acceptors (Lipinski definition) is 3. The van der Waals surface area contributed by atoms with Crippen molar-refractivity contribution in [3.8, 4) is 0 Å². The molecule has 4 nitrogen and oxygen atoms in total. The van der Waals surface area contributed by atoms with Crippen LogP contribution in [0.25, 0.3) is 0 Å². The fourth-order valence-corrected chi connectivity index (χ4v) is 2.24. The zero-order valence-corrected chi connectivity index (χ0v) is 12.6. The fraction of sp³-hybridized carbons (Fsp3) is 0.562. The second kappa shape index (κ2) is 8.02. The van der Waals surface area contributed by atoms with Crippen LogP contribution in [0.3, 0.4) is 0 Å². The van der Waals surface area contributed by atoms with Crippen molar-refractivity contribution in [2.75, 3.05) is 6.54 Å². The van der Waals surface area contributed by atoms with Gasteiger partial charge in [0.05, 0.1) is 6.10 Å². The molecule has 1 amide bonds. The highest BCUT2D eigenvalue weighted by molar-refractivity contribution is 5.82. The maximum Gasteiger partial charge on any atom is 0.241 e. The molecule has 0 bridgehead atoms. The molecule has 1 rings (SSSR count).